The molecule has 0 bridgehead atoms. The zero-order chi connectivity index (χ0) is 25.1. The van der Waals surface area contributed by atoms with Gasteiger partial charge in [0.25, 0.3) is 0 Å². The molecule has 3 rings (SSSR count). The van der Waals surface area contributed by atoms with Crippen LogP contribution >= 0.6 is 11.8 Å². The number of sulfonamides is 1. The van der Waals surface area contributed by atoms with E-state index in [9.17, 15) is 18.0 Å². The number of carboxylic acid groups (broad SMARTS) is 1. The van der Waals surface area contributed by atoms with Gasteiger partial charge >= 0.3 is 6.09 Å². The number of benzene rings is 3. The van der Waals surface area contributed by atoms with Crippen molar-refractivity contribution in [3.8, 4) is 11.1 Å². The minimum absolute atomic E-state index is 0.123. The van der Waals surface area contributed by atoms with Gasteiger partial charge in [0.05, 0.1) is 10.6 Å². The molecule has 35 heavy (non-hydrogen) atoms. The van der Waals surface area contributed by atoms with Gasteiger partial charge in [-0.15, -0.1) is 11.8 Å². The van der Waals surface area contributed by atoms with Crippen molar-refractivity contribution in [2.75, 3.05) is 24.2 Å². The van der Waals surface area contributed by atoms with Crippen molar-refractivity contribution in [1.29, 1.82) is 0 Å². The first-order chi connectivity index (χ1) is 16.8. The lowest BCUT2D eigenvalue weighted by atomic mass is 10.1. The Morgan fingerprint density at radius 2 is 1.43 bits per heavy atom. The van der Waals surface area contributed by atoms with Crippen molar-refractivity contribution in [3.63, 3.8) is 0 Å². The Kier molecular flexibility index (Phi) is 9.71. The number of unbranched alkanes of at least 4 members (excludes halogenated alkanes) is 1. The Hall–Kier alpha value is -3.34. The molecule has 3 aromatic carbocycles. The maximum absolute atomic E-state index is 12.5. The molecule has 2 amide bonds. The van der Waals surface area contributed by atoms with Crippen molar-refractivity contribution < 1.29 is 23.1 Å². The second-order valence-electron chi connectivity index (χ2n) is 7.59. The topological polar surface area (TPSA) is 125 Å². The summed E-state index contributed by atoms with van der Waals surface area (Å²) in [6, 6.07) is 23.3. The smallest absolute Gasteiger partial charge is 0.409 e. The van der Waals surface area contributed by atoms with Gasteiger partial charge in [0.15, 0.2) is 0 Å². The number of carbonyl (C=O) groups is 2. The maximum atomic E-state index is 12.5. The van der Waals surface area contributed by atoms with Gasteiger partial charge in [-0.2, -0.15) is 0 Å². The number of carbonyl (C=O) groups excluding carboxylic acids is 1. The quantitative estimate of drug-likeness (QED) is 0.210. The highest BCUT2D eigenvalue weighted by molar-refractivity contribution is 8.00. The van der Waals surface area contributed by atoms with E-state index >= 15 is 0 Å². The van der Waals surface area contributed by atoms with Crippen molar-refractivity contribution in [1.82, 2.24) is 10.0 Å². The number of nitrogens with one attached hydrogen (secondary N) is 3. The predicted octanol–water partition coefficient (Wildman–Crippen LogP) is 4.41. The highest BCUT2D eigenvalue weighted by Gasteiger charge is 2.13. The third-order valence-corrected chi connectivity index (χ3v) is 7.45. The van der Waals surface area contributed by atoms with Gasteiger partial charge in [0.2, 0.25) is 15.9 Å². The summed E-state index contributed by atoms with van der Waals surface area (Å²) in [5, 5.41) is 13.8. The van der Waals surface area contributed by atoms with Crippen molar-refractivity contribution in [2.45, 2.75) is 22.6 Å². The van der Waals surface area contributed by atoms with Crippen LogP contribution < -0.4 is 15.4 Å². The number of hydrogen-bond acceptors (Lipinski definition) is 5. The Morgan fingerprint density at radius 3 is 2.09 bits per heavy atom. The standard InChI is InChI=1S/C25H27N3O5S2/c29-24(18-34-22-12-10-21(11-13-22)28-25(30)31)26-16-4-5-17-27-35(32,33)23-14-8-20(9-15-23)19-6-2-1-3-7-19/h1-3,6-15,27-28H,4-5,16-18H2,(H,26,29)(H,30,31). The fourth-order valence-corrected chi connectivity index (χ4v) is 4.99. The number of hydrogen-bond donors (Lipinski definition) is 4. The van der Waals surface area contributed by atoms with Crippen LogP contribution in [-0.4, -0.2) is 44.4 Å². The Balaban J connectivity index is 1.32. The molecule has 0 aromatic heterocycles. The Bertz CT molecular complexity index is 1220. The molecule has 0 unspecified atom stereocenters. The van der Waals surface area contributed by atoms with E-state index < -0.39 is 16.1 Å². The molecule has 0 saturated heterocycles. The Labute approximate surface area is 209 Å². The molecule has 0 aliphatic carbocycles. The largest absolute Gasteiger partial charge is 0.465 e. The van der Waals surface area contributed by atoms with Crippen LogP contribution in [0.2, 0.25) is 0 Å². The zero-order valence-corrected chi connectivity index (χ0v) is 20.6. The molecule has 3 aromatic rings. The predicted molar refractivity (Wildman–Crippen MR) is 138 cm³/mol. The molecule has 4 N–H and O–H groups in total. The van der Waals surface area contributed by atoms with Crippen LogP contribution in [0.5, 0.6) is 0 Å². The van der Waals surface area contributed by atoms with E-state index in [1.807, 2.05) is 30.3 Å². The molecule has 0 atom stereocenters. The fraction of sp³-hybridized carbons (Fsp3) is 0.200. The summed E-state index contributed by atoms with van der Waals surface area (Å²) in [5.41, 5.74) is 2.44. The van der Waals surface area contributed by atoms with Crippen molar-refractivity contribution >= 4 is 39.5 Å². The van der Waals surface area contributed by atoms with Crippen LogP contribution in [0.25, 0.3) is 11.1 Å². The van der Waals surface area contributed by atoms with Crippen LogP contribution in [0, 0.1) is 0 Å². The van der Waals surface area contributed by atoms with Crippen LogP contribution in [0.1, 0.15) is 12.8 Å². The van der Waals surface area contributed by atoms with Gasteiger partial charge in [0.1, 0.15) is 0 Å². The molecule has 0 aliphatic heterocycles. The number of anilines is 1. The van der Waals surface area contributed by atoms with Gasteiger partial charge in [-0.1, -0.05) is 42.5 Å². The molecule has 0 heterocycles. The highest BCUT2D eigenvalue weighted by atomic mass is 32.2. The maximum Gasteiger partial charge on any atom is 0.409 e. The van der Waals surface area contributed by atoms with E-state index in [2.05, 4.69) is 15.4 Å². The summed E-state index contributed by atoms with van der Waals surface area (Å²) in [4.78, 5) is 23.7. The summed E-state index contributed by atoms with van der Waals surface area (Å²) in [6.07, 6.45) is 0.101. The number of amides is 2. The minimum atomic E-state index is -3.59. The number of thioether (sulfide) groups is 1. The summed E-state index contributed by atoms with van der Waals surface area (Å²) >= 11 is 1.35. The van der Waals surface area contributed by atoms with E-state index in [1.54, 1.807) is 48.5 Å². The van der Waals surface area contributed by atoms with E-state index in [1.165, 1.54) is 11.8 Å². The van der Waals surface area contributed by atoms with Crippen LogP contribution in [0.4, 0.5) is 10.5 Å². The first-order valence-electron chi connectivity index (χ1n) is 11.0. The van der Waals surface area contributed by atoms with Crippen LogP contribution in [-0.2, 0) is 14.8 Å². The van der Waals surface area contributed by atoms with E-state index in [0.717, 1.165) is 16.0 Å². The Morgan fingerprint density at radius 1 is 0.800 bits per heavy atom. The fourth-order valence-electron chi connectivity index (χ4n) is 3.18. The summed E-state index contributed by atoms with van der Waals surface area (Å²) in [5.74, 6) is 0.110. The molecular weight excluding hydrogens is 486 g/mol. The summed E-state index contributed by atoms with van der Waals surface area (Å²) < 4.78 is 27.6. The monoisotopic (exact) mass is 513 g/mol. The molecule has 10 heteroatoms. The molecule has 0 saturated carbocycles. The lowest BCUT2D eigenvalue weighted by Gasteiger charge is -2.09. The molecule has 184 valence electrons. The average molecular weight is 514 g/mol. The van der Waals surface area contributed by atoms with Crippen LogP contribution in [0.3, 0.4) is 0 Å². The first kappa shape index (κ1) is 26.3. The van der Waals surface area contributed by atoms with E-state index in [0.29, 0.717) is 25.1 Å². The lowest BCUT2D eigenvalue weighted by molar-refractivity contribution is -0.118. The molecule has 0 aliphatic rings. The lowest BCUT2D eigenvalue weighted by Crippen LogP contribution is -2.28. The molecular formula is C25H27N3O5S2. The molecule has 0 radical (unpaired) electrons. The molecule has 0 spiro atoms. The van der Waals surface area contributed by atoms with Gasteiger partial charge in [-0.05, 0) is 60.4 Å². The zero-order valence-electron chi connectivity index (χ0n) is 18.9. The third-order valence-electron chi connectivity index (χ3n) is 4.97. The van der Waals surface area contributed by atoms with Crippen LogP contribution in [0.15, 0.2) is 88.7 Å². The van der Waals surface area contributed by atoms with Gasteiger partial charge < -0.3 is 10.4 Å². The second kappa shape index (κ2) is 12.9. The van der Waals surface area contributed by atoms with Gasteiger partial charge in [0, 0.05) is 23.7 Å². The number of rotatable bonds is 12. The van der Waals surface area contributed by atoms with Crippen molar-refractivity contribution in [3.05, 3.63) is 78.9 Å². The third kappa shape index (κ3) is 8.75. The molecule has 8 nitrogen and oxygen atoms in total. The minimum Gasteiger partial charge on any atom is -0.465 e. The first-order valence-corrected chi connectivity index (χ1v) is 13.4. The van der Waals surface area contributed by atoms with Gasteiger partial charge in [-0.25, -0.2) is 17.9 Å². The van der Waals surface area contributed by atoms with Gasteiger partial charge in [-0.3, -0.25) is 10.1 Å². The summed E-state index contributed by atoms with van der Waals surface area (Å²) in [7, 11) is -3.59. The summed E-state index contributed by atoms with van der Waals surface area (Å²) in [6.45, 7) is 0.735. The average Bonchev–Trinajstić information content (AvgIpc) is 2.86. The van der Waals surface area contributed by atoms with E-state index in [-0.39, 0.29) is 23.1 Å². The SMILES string of the molecule is O=C(O)Nc1ccc(SCC(=O)NCCCCNS(=O)(=O)c2ccc(-c3ccccc3)cc2)cc1. The molecule has 0 fully saturated rings. The highest BCUT2D eigenvalue weighted by Crippen LogP contribution is 2.21. The van der Waals surface area contributed by atoms with Crippen molar-refractivity contribution in [2.24, 2.45) is 0 Å². The normalized spacial score (nSPS) is 11.1. The second-order valence-corrected chi connectivity index (χ2v) is 10.4. The van der Waals surface area contributed by atoms with E-state index in [4.69, 9.17) is 5.11 Å².